The maximum atomic E-state index is 11.7. The maximum absolute atomic E-state index is 11.7. The molecule has 106 valence electrons. The lowest BCUT2D eigenvalue weighted by Gasteiger charge is -2.21. The molecule has 0 saturated heterocycles. The maximum Gasteiger partial charge on any atom is 0.412 e. The minimum absolute atomic E-state index is 0.476. The number of aliphatic hydroxyl groups excluding tert-OH is 1. The average molecular weight is 267 g/mol. The van der Waals surface area contributed by atoms with Crippen molar-refractivity contribution in [3.63, 3.8) is 0 Å². The summed E-state index contributed by atoms with van der Waals surface area (Å²) < 4.78 is 10.3. The van der Waals surface area contributed by atoms with Crippen LogP contribution in [-0.2, 0) is 4.74 Å². The normalized spacial score (nSPS) is 12.7. The summed E-state index contributed by atoms with van der Waals surface area (Å²) in [6.45, 7) is 6.98. The Balaban J connectivity index is 2.94. The van der Waals surface area contributed by atoms with Crippen molar-refractivity contribution in [2.45, 2.75) is 39.4 Å². The zero-order chi connectivity index (χ0) is 14.6. The molecule has 0 aromatic heterocycles. The minimum Gasteiger partial charge on any atom is -0.497 e. The molecule has 1 rings (SSSR count). The highest BCUT2D eigenvalue weighted by Crippen LogP contribution is 2.27. The lowest BCUT2D eigenvalue weighted by Crippen LogP contribution is -2.27. The molecule has 0 aliphatic heterocycles. The molecular weight excluding hydrogens is 246 g/mol. The molecule has 0 radical (unpaired) electrons. The molecule has 1 amide bonds. The van der Waals surface area contributed by atoms with E-state index in [9.17, 15) is 9.90 Å². The summed E-state index contributed by atoms with van der Waals surface area (Å²) in [5.41, 5.74) is 0.503. The Bertz CT molecular complexity index is 449. The Morgan fingerprint density at radius 2 is 2.00 bits per heavy atom. The van der Waals surface area contributed by atoms with E-state index in [1.807, 2.05) is 0 Å². The molecule has 0 fully saturated rings. The largest absolute Gasteiger partial charge is 0.497 e. The number of anilines is 1. The molecule has 1 unspecified atom stereocenters. The van der Waals surface area contributed by atoms with Crippen molar-refractivity contribution in [2.24, 2.45) is 0 Å². The van der Waals surface area contributed by atoms with E-state index in [0.717, 1.165) is 0 Å². The quantitative estimate of drug-likeness (QED) is 0.883. The Morgan fingerprint density at radius 1 is 1.37 bits per heavy atom. The second-order valence-corrected chi connectivity index (χ2v) is 5.26. The molecule has 1 atom stereocenters. The van der Waals surface area contributed by atoms with Crippen molar-refractivity contribution in [3.05, 3.63) is 23.8 Å². The number of hydrogen-bond donors (Lipinski definition) is 2. The number of amides is 1. The first-order chi connectivity index (χ1) is 8.73. The number of hydrogen-bond acceptors (Lipinski definition) is 4. The highest BCUT2D eigenvalue weighted by Gasteiger charge is 2.18. The molecule has 0 aliphatic rings. The molecule has 1 aromatic rings. The van der Waals surface area contributed by atoms with E-state index < -0.39 is 17.8 Å². The Morgan fingerprint density at radius 3 is 2.47 bits per heavy atom. The van der Waals surface area contributed by atoms with Gasteiger partial charge in [0.25, 0.3) is 0 Å². The van der Waals surface area contributed by atoms with E-state index >= 15 is 0 Å². The van der Waals surface area contributed by atoms with E-state index in [-0.39, 0.29) is 0 Å². The molecule has 0 aliphatic carbocycles. The Hall–Kier alpha value is -1.75. The highest BCUT2D eigenvalue weighted by molar-refractivity contribution is 5.86. The number of carbonyl (C=O) groups is 1. The van der Waals surface area contributed by atoms with Crippen LogP contribution in [-0.4, -0.2) is 23.9 Å². The highest BCUT2D eigenvalue weighted by atomic mass is 16.6. The van der Waals surface area contributed by atoms with Crippen LogP contribution in [0.2, 0.25) is 0 Å². The van der Waals surface area contributed by atoms with Gasteiger partial charge in [-0.05, 0) is 33.8 Å². The third-order valence-corrected chi connectivity index (χ3v) is 2.35. The predicted molar refractivity (Wildman–Crippen MR) is 73.5 cm³/mol. The molecule has 0 spiro atoms. The van der Waals surface area contributed by atoms with Gasteiger partial charge in [-0.2, -0.15) is 0 Å². The zero-order valence-electron chi connectivity index (χ0n) is 12.0. The first-order valence-corrected chi connectivity index (χ1v) is 6.09. The Labute approximate surface area is 113 Å². The fourth-order valence-electron chi connectivity index (χ4n) is 1.55. The van der Waals surface area contributed by atoms with Gasteiger partial charge in [-0.1, -0.05) is 6.07 Å². The van der Waals surface area contributed by atoms with E-state index in [1.54, 1.807) is 45.9 Å². The van der Waals surface area contributed by atoms with E-state index in [2.05, 4.69) is 5.32 Å². The molecule has 1 aromatic carbocycles. The van der Waals surface area contributed by atoms with Crippen LogP contribution >= 0.6 is 0 Å². The van der Waals surface area contributed by atoms with Crippen molar-refractivity contribution < 1.29 is 19.4 Å². The molecule has 5 nitrogen and oxygen atoms in total. The summed E-state index contributed by atoms with van der Waals surface area (Å²) in [5, 5.41) is 12.3. The summed E-state index contributed by atoms with van der Waals surface area (Å²) in [4.78, 5) is 11.7. The van der Waals surface area contributed by atoms with Gasteiger partial charge in [0.1, 0.15) is 11.4 Å². The van der Waals surface area contributed by atoms with Crippen LogP contribution in [0.25, 0.3) is 0 Å². The second kappa shape index (κ2) is 5.93. The van der Waals surface area contributed by atoms with Gasteiger partial charge >= 0.3 is 6.09 Å². The number of rotatable bonds is 3. The van der Waals surface area contributed by atoms with Crippen molar-refractivity contribution in [3.8, 4) is 5.75 Å². The molecule has 2 N–H and O–H groups in total. The number of carbonyl (C=O) groups excluding carboxylic acids is 1. The van der Waals surface area contributed by atoms with Gasteiger partial charge in [0, 0.05) is 11.6 Å². The van der Waals surface area contributed by atoms with Gasteiger partial charge in [-0.15, -0.1) is 0 Å². The van der Waals surface area contributed by atoms with Gasteiger partial charge in [0.05, 0.1) is 18.9 Å². The monoisotopic (exact) mass is 267 g/mol. The van der Waals surface area contributed by atoms with Crippen LogP contribution < -0.4 is 10.1 Å². The lowest BCUT2D eigenvalue weighted by atomic mass is 10.1. The van der Waals surface area contributed by atoms with Gasteiger partial charge < -0.3 is 14.6 Å². The number of methoxy groups -OCH3 is 1. The number of aliphatic hydroxyl groups is 1. The molecule has 0 heterocycles. The van der Waals surface area contributed by atoms with E-state index in [0.29, 0.717) is 17.0 Å². The van der Waals surface area contributed by atoms with Crippen molar-refractivity contribution in [1.29, 1.82) is 0 Å². The van der Waals surface area contributed by atoms with Crippen molar-refractivity contribution >= 4 is 11.8 Å². The number of ether oxygens (including phenoxy) is 2. The fourth-order valence-corrected chi connectivity index (χ4v) is 1.55. The second-order valence-electron chi connectivity index (χ2n) is 5.26. The summed E-state index contributed by atoms with van der Waals surface area (Å²) in [7, 11) is 1.54. The third kappa shape index (κ3) is 4.79. The standard InChI is InChI=1S/C14H21NO4/c1-9(16)11-7-6-10(18-5)8-12(11)15-13(17)19-14(2,3)4/h6-9,16H,1-5H3,(H,15,17). The van der Waals surface area contributed by atoms with Crippen molar-refractivity contribution in [2.75, 3.05) is 12.4 Å². The summed E-state index contributed by atoms with van der Waals surface area (Å²) in [5.74, 6) is 0.593. The van der Waals surface area contributed by atoms with E-state index in [1.165, 1.54) is 7.11 Å². The summed E-state index contributed by atoms with van der Waals surface area (Å²) in [6, 6.07) is 5.07. The smallest absolute Gasteiger partial charge is 0.412 e. The molecular formula is C14H21NO4. The van der Waals surface area contributed by atoms with Crippen LogP contribution in [0, 0.1) is 0 Å². The van der Waals surface area contributed by atoms with Gasteiger partial charge in [0.15, 0.2) is 0 Å². The van der Waals surface area contributed by atoms with Gasteiger partial charge in [-0.25, -0.2) is 4.79 Å². The lowest BCUT2D eigenvalue weighted by molar-refractivity contribution is 0.0635. The zero-order valence-corrected chi connectivity index (χ0v) is 12.0. The van der Waals surface area contributed by atoms with Crippen LogP contribution in [0.3, 0.4) is 0 Å². The fraction of sp³-hybridized carbons (Fsp3) is 0.500. The average Bonchev–Trinajstić information content (AvgIpc) is 2.25. The summed E-state index contributed by atoms with van der Waals surface area (Å²) >= 11 is 0. The Kier molecular flexibility index (Phi) is 4.78. The third-order valence-electron chi connectivity index (χ3n) is 2.35. The van der Waals surface area contributed by atoms with Crippen LogP contribution in [0.5, 0.6) is 5.75 Å². The number of nitrogens with one attached hydrogen (secondary N) is 1. The first kappa shape index (κ1) is 15.3. The minimum atomic E-state index is -0.698. The topological polar surface area (TPSA) is 67.8 Å². The van der Waals surface area contributed by atoms with Gasteiger partial charge in [0.2, 0.25) is 0 Å². The molecule has 0 saturated carbocycles. The molecule has 5 heteroatoms. The summed E-state index contributed by atoms with van der Waals surface area (Å²) in [6.07, 6.45) is -1.27. The van der Waals surface area contributed by atoms with Crippen LogP contribution in [0.15, 0.2) is 18.2 Å². The van der Waals surface area contributed by atoms with Crippen molar-refractivity contribution in [1.82, 2.24) is 0 Å². The SMILES string of the molecule is COc1ccc(C(C)O)c(NC(=O)OC(C)(C)C)c1. The van der Waals surface area contributed by atoms with Crippen LogP contribution in [0.1, 0.15) is 39.4 Å². The van der Waals surface area contributed by atoms with E-state index in [4.69, 9.17) is 9.47 Å². The van der Waals surface area contributed by atoms with Gasteiger partial charge in [-0.3, -0.25) is 5.32 Å². The molecule has 19 heavy (non-hydrogen) atoms. The first-order valence-electron chi connectivity index (χ1n) is 6.09. The molecule has 0 bridgehead atoms. The number of benzene rings is 1. The van der Waals surface area contributed by atoms with Crippen LogP contribution in [0.4, 0.5) is 10.5 Å². The predicted octanol–water partition coefficient (Wildman–Crippen LogP) is 3.10.